The number of aromatic amines is 1. The molecule has 2 amide bonds. The largest absolute Gasteiger partial charge is 0.506 e. The Morgan fingerprint density at radius 3 is 2.71 bits per heavy atom. The minimum atomic E-state index is -0.529. The van der Waals surface area contributed by atoms with Crippen LogP contribution in [0.2, 0.25) is 10.0 Å². The van der Waals surface area contributed by atoms with Crippen molar-refractivity contribution in [1.29, 1.82) is 0 Å². The summed E-state index contributed by atoms with van der Waals surface area (Å²) in [6.07, 6.45) is 1.03. The molecule has 0 saturated carbocycles. The lowest BCUT2D eigenvalue weighted by molar-refractivity contribution is 0.136. The van der Waals surface area contributed by atoms with E-state index < -0.39 is 6.03 Å². The summed E-state index contributed by atoms with van der Waals surface area (Å²) in [5.41, 5.74) is 7.10. The molecule has 0 radical (unpaired) electrons. The second kappa shape index (κ2) is 7.07. The second-order valence-electron chi connectivity index (χ2n) is 6.87. The van der Waals surface area contributed by atoms with Gasteiger partial charge in [0.2, 0.25) is 0 Å². The summed E-state index contributed by atoms with van der Waals surface area (Å²) in [7, 11) is 0. The molecular weight excluding hydrogens is 403 g/mol. The number of halogens is 2. The Bertz CT molecular complexity index is 1120. The summed E-state index contributed by atoms with van der Waals surface area (Å²) in [5, 5.41) is 10.8. The van der Waals surface area contributed by atoms with Crippen LogP contribution in [0.4, 0.5) is 4.79 Å². The van der Waals surface area contributed by atoms with Crippen LogP contribution >= 0.6 is 23.2 Å². The number of rotatable bonds is 2. The van der Waals surface area contributed by atoms with Crippen LogP contribution < -0.4 is 11.4 Å². The fourth-order valence-corrected chi connectivity index (χ4v) is 4.28. The number of urea groups is 1. The summed E-state index contributed by atoms with van der Waals surface area (Å²) in [5.74, 6) is 0.0176. The highest BCUT2D eigenvalue weighted by atomic mass is 35.5. The van der Waals surface area contributed by atoms with Crippen molar-refractivity contribution in [2.45, 2.75) is 24.9 Å². The molecule has 4 N–H and O–H groups in total. The van der Waals surface area contributed by atoms with Crippen molar-refractivity contribution in [2.75, 3.05) is 6.54 Å². The van der Waals surface area contributed by atoms with Gasteiger partial charge in [0.15, 0.2) is 0 Å². The van der Waals surface area contributed by atoms with Gasteiger partial charge in [-0.1, -0.05) is 35.3 Å². The Kier molecular flexibility index (Phi) is 4.72. The van der Waals surface area contributed by atoms with Gasteiger partial charge in [-0.15, -0.1) is 0 Å². The number of phenolic OH excluding ortho intramolecular Hbond substituents is 1. The number of phenols is 1. The lowest BCUT2D eigenvalue weighted by atomic mass is 9.91. The van der Waals surface area contributed by atoms with Gasteiger partial charge >= 0.3 is 11.7 Å². The van der Waals surface area contributed by atoms with Gasteiger partial charge in [0, 0.05) is 12.6 Å². The van der Waals surface area contributed by atoms with Crippen molar-refractivity contribution in [3.05, 3.63) is 62.5 Å². The fraction of sp³-hybridized carbons (Fsp3) is 0.263. The van der Waals surface area contributed by atoms with Gasteiger partial charge in [-0.25, -0.2) is 9.59 Å². The Morgan fingerprint density at radius 1 is 1.21 bits per heavy atom. The summed E-state index contributed by atoms with van der Waals surface area (Å²) < 4.78 is 1.64. The Balaban J connectivity index is 1.76. The minimum absolute atomic E-state index is 0.0176. The highest BCUT2D eigenvalue weighted by molar-refractivity contribution is 6.42. The maximum Gasteiger partial charge on any atom is 0.326 e. The van der Waals surface area contributed by atoms with E-state index in [0.717, 1.165) is 5.56 Å². The van der Waals surface area contributed by atoms with E-state index in [4.69, 9.17) is 28.9 Å². The SMILES string of the molecule is NC(=O)N1CCC(n2c(=O)[nH]c3c(O)cccc32)CC1c1ccc(Cl)c(Cl)c1. The standard InChI is InChI=1S/C19H18Cl2N4O3/c20-12-5-4-10(8-13(12)21)15-9-11(6-7-24(15)18(22)27)25-14-2-1-3-16(26)17(14)23-19(25)28/h1-5,8,11,15,26H,6-7,9H2,(H2,22,27)(H,23,28). The first-order chi connectivity index (χ1) is 13.4. The summed E-state index contributed by atoms with van der Waals surface area (Å²) in [4.78, 5) is 28.9. The number of aromatic nitrogens is 2. The number of hydrogen-bond donors (Lipinski definition) is 3. The van der Waals surface area contributed by atoms with Crippen LogP contribution in [-0.2, 0) is 0 Å². The van der Waals surface area contributed by atoms with Crippen LogP contribution in [-0.4, -0.2) is 32.1 Å². The molecule has 0 aliphatic carbocycles. The summed E-state index contributed by atoms with van der Waals surface area (Å²) in [6.45, 7) is 0.392. The van der Waals surface area contributed by atoms with Crippen molar-refractivity contribution in [1.82, 2.24) is 14.5 Å². The zero-order chi connectivity index (χ0) is 20.0. The molecule has 9 heteroatoms. The third-order valence-electron chi connectivity index (χ3n) is 5.28. The second-order valence-corrected chi connectivity index (χ2v) is 7.68. The number of imidazole rings is 1. The number of nitrogens with zero attached hydrogens (tertiary/aromatic N) is 2. The Hall–Kier alpha value is -2.64. The highest BCUT2D eigenvalue weighted by Crippen LogP contribution is 2.39. The first-order valence-corrected chi connectivity index (χ1v) is 9.55. The van der Waals surface area contributed by atoms with Crippen LogP contribution in [0, 0.1) is 0 Å². The predicted molar refractivity (Wildman–Crippen MR) is 108 cm³/mol. The van der Waals surface area contributed by atoms with E-state index in [2.05, 4.69) is 4.98 Å². The number of fused-ring (bicyclic) bond motifs is 1. The monoisotopic (exact) mass is 420 g/mol. The van der Waals surface area contributed by atoms with Crippen LogP contribution in [0.1, 0.15) is 30.5 Å². The van der Waals surface area contributed by atoms with Crippen LogP contribution in [0.3, 0.4) is 0 Å². The van der Waals surface area contributed by atoms with Crippen molar-refractivity contribution in [3.63, 3.8) is 0 Å². The van der Waals surface area contributed by atoms with Gasteiger partial charge in [-0.3, -0.25) is 4.57 Å². The number of H-pyrrole nitrogens is 1. The molecule has 146 valence electrons. The Morgan fingerprint density at radius 2 is 2.00 bits per heavy atom. The van der Waals surface area contributed by atoms with Crippen LogP contribution in [0.25, 0.3) is 11.0 Å². The quantitative estimate of drug-likeness (QED) is 0.586. The zero-order valence-electron chi connectivity index (χ0n) is 14.7. The molecule has 1 aromatic heterocycles. The van der Waals surface area contributed by atoms with Gasteiger partial charge in [0.25, 0.3) is 0 Å². The van der Waals surface area contributed by atoms with Gasteiger partial charge in [-0.2, -0.15) is 0 Å². The molecule has 2 aromatic carbocycles. The van der Waals surface area contributed by atoms with E-state index in [1.54, 1.807) is 39.8 Å². The maximum atomic E-state index is 12.6. The van der Waals surface area contributed by atoms with E-state index >= 15 is 0 Å². The van der Waals surface area contributed by atoms with Gasteiger partial charge in [-0.05, 0) is 42.7 Å². The van der Waals surface area contributed by atoms with Crippen molar-refractivity contribution in [2.24, 2.45) is 5.73 Å². The van der Waals surface area contributed by atoms with E-state index in [-0.39, 0.29) is 23.5 Å². The minimum Gasteiger partial charge on any atom is -0.506 e. The average Bonchev–Trinajstić information content (AvgIpc) is 3.01. The number of para-hydroxylation sites is 1. The molecule has 2 unspecified atom stereocenters. The molecule has 1 fully saturated rings. The molecular formula is C19H18Cl2N4O3. The number of primary amides is 1. The molecule has 28 heavy (non-hydrogen) atoms. The molecule has 0 spiro atoms. The fourth-order valence-electron chi connectivity index (χ4n) is 3.98. The van der Waals surface area contributed by atoms with E-state index in [9.17, 15) is 14.7 Å². The number of carbonyl (C=O) groups is 1. The molecule has 0 bridgehead atoms. The number of aromatic hydroxyl groups is 1. The number of likely N-dealkylation sites (tertiary alicyclic amines) is 1. The van der Waals surface area contributed by atoms with Gasteiger partial charge in [0.05, 0.1) is 21.6 Å². The molecule has 3 aromatic rings. The molecule has 4 rings (SSSR count). The zero-order valence-corrected chi connectivity index (χ0v) is 16.2. The molecule has 1 saturated heterocycles. The van der Waals surface area contributed by atoms with Gasteiger partial charge < -0.3 is 20.7 Å². The summed E-state index contributed by atoms with van der Waals surface area (Å²) in [6, 6.07) is 9.14. The normalized spacial score (nSPS) is 19.9. The molecule has 2 atom stereocenters. The Labute approximate surface area is 170 Å². The molecule has 1 aliphatic rings. The van der Waals surface area contributed by atoms with Crippen molar-refractivity contribution >= 4 is 40.3 Å². The highest BCUT2D eigenvalue weighted by Gasteiger charge is 2.34. The molecule has 1 aliphatic heterocycles. The van der Waals surface area contributed by atoms with E-state index in [1.165, 1.54) is 6.07 Å². The number of amides is 2. The molecule has 2 heterocycles. The first-order valence-electron chi connectivity index (χ1n) is 8.80. The van der Waals surface area contributed by atoms with Gasteiger partial charge in [0.1, 0.15) is 11.3 Å². The number of nitrogens with one attached hydrogen (secondary N) is 1. The van der Waals surface area contributed by atoms with Crippen LogP contribution in [0.15, 0.2) is 41.2 Å². The first kappa shape index (κ1) is 18.7. The van der Waals surface area contributed by atoms with E-state index in [0.29, 0.717) is 40.5 Å². The lowest BCUT2D eigenvalue weighted by Gasteiger charge is -2.39. The lowest BCUT2D eigenvalue weighted by Crippen LogP contribution is -2.45. The third-order valence-corrected chi connectivity index (χ3v) is 6.02. The number of hydrogen-bond acceptors (Lipinski definition) is 3. The third kappa shape index (κ3) is 3.10. The number of benzene rings is 2. The smallest absolute Gasteiger partial charge is 0.326 e. The van der Waals surface area contributed by atoms with E-state index in [1.807, 2.05) is 0 Å². The molecule has 7 nitrogen and oxygen atoms in total. The number of carbonyl (C=O) groups excluding carboxylic acids is 1. The number of piperidine rings is 1. The van der Waals surface area contributed by atoms with Crippen LogP contribution in [0.5, 0.6) is 5.75 Å². The topological polar surface area (TPSA) is 104 Å². The number of nitrogens with two attached hydrogens (primary N) is 1. The maximum absolute atomic E-state index is 12.6. The average molecular weight is 421 g/mol. The summed E-state index contributed by atoms with van der Waals surface area (Å²) >= 11 is 12.2. The predicted octanol–water partition coefficient (Wildman–Crippen LogP) is 3.80. The van der Waals surface area contributed by atoms with Crippen molar-refractivity contribution < 1.29 is 9.90 Å². The van der Waals surface area contributed by atoms with Crippen molar-refractivity contribution in [3.8, 4) is 5.75 Å².